The van der Waals surface area contributed by atoms with E-state index in [1.807, 2.05) is 18.2 Å². The average molecular weight is 366 g/mol. The molecular formula is C16H13Cl2N3OS. The molecule has 2 aromatic heterocycles. The molecule has 0 saturated carbocycles. The third kappa shape index (κ3) is 2.63. The number of thiophene rings is 1. The fourth-order valence-electron chi connectivity index (χ4n) is 2.94. The first-order chi connectivity index (χ1) is 11.2. The van der Waals surface area contributed by atoms with Gasteiger partial charge in [0, 0.05) is 10.6 Å². The minimum atomic E-state index is 0.250. The molecule has 0 saturated heterocycles. The quantitative estimate of drug-likeness (QED) is 0.644. The van der Waals surface area contributed by atoms with Crippen LogP contribution in [0.4, 0.5) is 11.5 Å². The van der Waals surface area contributed by atoms with E-state index in [1.54, 1.807) is 18.4 Å². The maximum absolute atomic E-state index is 6.20. The van der Waals surface area contributed by atoms with E-state index in [0.717, 1.165) is 34.6 Å². The Morgan fingerprint density at radius 2 is 2.09 bits per heavy atom. The Balaban J connectivity index is 1.81. The zero-order chi connectivity index (χ0) is 16.0. The van der Waals surface area contributed by atoms with Gasteiger partial charge >= 0.3 is 0 Å². The van der Waals surface area contributed by atoms with Crippen LogP contribution >= 0.6 is 34.5 Å². The lowest BCUT2D eigenvalue weighted by Gasteiger charge is -2.10. The smallest absolute Gasteiger partial charge is 0.225 e. The third-order valence-electron chi connectivity index (χ3n) is 3.95. The number of nitrogens with one attached hydrogen (secondary N) is 1. The Morgan fingerprint density at radius 3 is 2.87 bits per heavy atom. The lowest BCUT2D eigenvalue weighted by atomic mass is 10.2. The van der Waals surface area contributed by atoms with Gasteiger partial charge in [0.25, 0.3) is 0 Å². The topological polar surface area (TPSA) is 47.0 Å². The molecule has 23 heavy (non-hydrogen) atoms. The molecule has 0 amide bonds. The van der Waals surface area contributed by atoms with Crippen LogP contribution in [0.2, 0.25) is 10.3 Å². The van der Waals surface area contributed by atoms with E-state index in [2.05, 4.69) is 15.3 Å². The van der Waals surface area contributed by atoms with Gasteiger partial charge in [-0.2, -0.15) is 4.98 Å². The molecule has 0 unspecified atom stereocenters. The molecule has 0 radical (unpaired) electrons. The molecule has 118 valence electrons. The van der Waals surface area contributed by atoms with E-state index in [-0.39, 0.29) is 5.28 Å². The van der Waals surface area contributed by atoms with Crippen LogP contribution in [0.15, 0.2) is 18.2 Å². The standard InChI is InChI=1S/C16H13Cl2N3OS/c1-22-11-6-5-8(7-10(11)17)19-14-13-9-3-2-4-12(9)23-15(13)21-16(18)20-14/h5-7H,2-4H2,1H3,(H,19,20,21). The zero-order valence-corrected chi connectivity index (χ0v) is 14.6. The summed E-state index contributed by atoms with van der Waals surface area (Å²) in [6, 6.07) is 5.54. The molecule has 0 aliphatic heterocycles. The summed E-state index contributed by atoms with van der Waals surface area (Å²) in [7, 11) is 1.59. The molecule has 0 bridgehead atoms. The van der Waals surface area contributed by atoms with E-state index in [4.69, 9.17) is 27.9 Å². The molecule has 0 fully saturated rings. The number of aromatic nitrogens is 2. The lowest BCUT2D eigenvalue weighted by molar-refractivity contribution is 0.415. The maximum Gasteiger partial charge on any atom is 0.225 e. The highest BCUT2D eigenvalue weighted by molar-refractivity contribution is 7.19. The number of halogens is 2. The van der Waals surface area contributed by atoms with Gasteiger partial charge in [-0.1, -0.05) is 11.6 Å². The van der Waals surface area contributed by atoms with Gasteiger partial charge in [0.05, 0.1) is 17.5 Å². The van der Waals surface area contributed by atoms with Crippen LogP contribution in [0.3, 0.4) is 0 Å². The Bertz CT molecular complexity index is 910. The van der Waals surface area contributed by atoms with E-state index in [9.17, 15) is 0 Å². The largest absolute Gasteiger partial charge is 0.495 e. The first kappa shape index (κ1) is 15.0. The Kier molecular flexibility index (Phi) is 3.79. The van der Waals surface area contributed by atoms with Crippen LogP contribution < -0.4 is 10.1 Å². The number of ether oxygens (including phenoxy) is 1. The summed E-state index contributed by atoms with van der Waals surface area (Å²) in [5.41, 5.74) is 2.19. The van der Waals surface area contributed by atoms with E-state index >= 15 is 0 Å². The third-order valence-corrected chi connectivity index (χ3v) is 5.60. The van der Waals surface area contributed by atoms with Crippen molar-refractivity contribution in [2.24, 2.45) is 0 Å². The van der Waals surface area contributed by atoms with Gasteiger partial charge in [-0.05, 0) is 54.6 Å². The predicted molar refractivity (Wildman–Crippen MR) is 95.7 cm³/mol. The summed E-state index contributed by atoms with van der Waals surface area (Å²) >= 11 is 14.0. The van der Waals surface area contributed by atoms with Crippen molar-refractivity contribution in [3.63, 3.8) is 0 Å². The summed E-state index contributed by atoms with van der Waals surface area (Å²) in [6.45, 7) is 0. The molecule has 1 N–H and O–H groups in total. The van der Waals surface area contributed by atoms with Crippen molar-refractivity contribution in [3.05, 3.63) is 38.9 Å². The van der Waals surface area contributed by atoms with Crippen LogP contribution in [0.5, 0.6) is 5.75 Å². The highest BCUT2D eigenvalue weighted by Crippen LogP contribution is 2.41. The monoisotopic (exact) mass is 365 g/mol. The van der Waals surface area contributed by atoms with Gasteiger partial charge in [0.15, 0.2) is 0 Å². The summed E-state index contributed by atoms with van der Waals surface area (Å²) < 4.78 is 5.18. The van der Waals surface area contributed by atoms with Crippen LogP contribution in [0, 0.1) is 0 Å². The van der Waals surface area contributed by atoms with Crippen molar-refractivity contribution in [1.82, 2.24) is 9.97 Å². The molecule has 1 aromatic carbocycles. The molecule has 2 heterocycles. The van der Waals surface area contributed by atoms with Gasteiger partial charge in [0.1, 0.15) is 16.4 Å². The molecule has 4 rings (SSSR count). The van der Waals surface area contributed by atoms with E-state index in [0.29, 0.717) is 10.8 Å². The molecule has 1 aliphatic carbocycles. The van der Waals surface area contributed by atoms with Crippen LogP contribution in [-0.2, 0) is 12.8 Å². The SMILES string of the molecule is COc1ccc(Nc2nc(Cl)nc3sc4c(c23)CCC4)cc1Cl. The number of methoxy groups -OCH3 is 1. The number of hydrogen-bond donors (Lipinski definition) is 1. The molecular weight excluding hydrogens is 353 g/mol. The number of hydrogen-bond acceptors (Lipinski definition) is 5. The van der Waals surface area contributed by atoms with Crippen molar-refractivity contribution in [2.75, 3.05) is 12.4 Å². The Morgan fingerprint density at radius 1 is 1.22 bits per heavy atom. The van der Waals surface area contributed by atoms with E-state index in [1.165, 1.54) is 16.9 Å². The highest BCUT2D eigenvalue weighted by atomic mass is 35.5. The number of aryl methyl sites for hydroxylation is 2. The normalized spacial score (nSPS) is 13.3. The summed E-state index contributed by atoms with van der Waals surface area (Å²) in [4.78, 5) is 11.1. The fourth-order valence-corrected chi connectivity index (χ4v) is 4.68. The van der Waals surface area contributed by atoms with Crippen LogP contribution in [-0.4, -0.2) is 17.1 Å². The molecule has 1 aliphatic rings. The van der Waals surface area contributed by atoms with Gasteiger partial charge in [-0.3, -0.25) is 0 Å². The van der Waals surface area contributed by atoms with Crippen LogP contribution in [0.1, 0.15) is 16.9 Å². The van der Waals surface area contributed by atoms with Crippen molar-refractivity contribution in [3.8, 4) is 5.75 Å². The second-order valence-electron chi connectivity index (χ2n) is 5.35. The Labute approximate surface area is 147 Å². The minimum absolute atomic E-state index is 0.250. The summed E-state index contributed by atoms with van der Waals surface area (Å²) in [5.74, 6) is 1.38. The highest BCUT2D eigenvalue weighted by Gasteiger charge is 2.22. The molecule has 3 aromatic rings. The van der Waals surface area contributed by atoms with Crippen molar-refractivity contribution < 1.29 is 4.74 Å². The number of anilines is 2. The van der Waals surface area contributed by atoms with Gasteiger partial charge in [0.2, 0.25) is 5.28 Å². The first-order valence-electron chi connectivity index (χ1n) is 7.24. The van der Waals surface area contributed by atoms with Crippen molar-refractivity contribution in [1.29, 1.82) is 0 Å². The van der Waals surface area contributed by atoms with Crippen molar-refractivity contribution in [2.45, 2.75) is 19.3 Å². The van der Waals surface area contributed by atoms with Gasteiger partial charge < -0.3 is 10.1 Å². The summed E-state index contributed by atoms with van der Waals surface area (Å²) in [6.07, 6.45) is 3.37. The molecule has 0 atom stereocenters. The Hall–Kier alpha value is -1.56. The lowest BCUT2D eigenvalue weighted by Crippen LogP contribution is -1.97. The average Bonchev–Trinajstić information content (AvgIpc) is 3.07. The first-order valence-corrected chi connectivity index (χ1v) is 8.81. The molecule has 0 spiro atoms. The van der Waals surface area contributed by atoms with Gasteiger partial charge in [-0.25, -0.2) is 4.98 Å². The summed E-state index contributed by atoms with van der Waals surface area (Å²) in [5, 5.41) is 5.20. The number of fused-ring (bicyclic) bond motifs is 3. The van der Waals surface area contributed by atoms with Crippen LogP contribution in [0.25, 0.3) is 10.2 Å². The number of nitrogens with zero attached hydrogens (tertiary/aromatic N) is 2. The maximum atomic E-state index is 6.20. The number of benzene rings is 1. The van der Waals surface area contributed by atoms with Crippen molar-refractivity contribution >= 4 is 56.3 Å². The zero-order valence-electron chi connectivity index (χ0n) is 12.3. The fraction of sp³-hybridized carbons (Fsp3) is 0.250. The van der Waals surface area contributed by atoms with Gasteiger partial charge in [-0.15, -0.1) is 11.3 Å². The molecule has 4 nitrogen and oxygen atoms in total. The number of rotatable bonds is 3. The molecule has 7 heteroatoms. The minimum Gasteiger partial charge on any atom is -0.495 e. The second kappa shape index (κ2) is 5.82. The second-order valence-corrected chi connectivity index (χ2v) is 7.18. The predicted octanol–water partition coefficient (Wildman–Crippen LogP) is 5.24. The van der Waals surface area contributed by atoms with E-state index < -0.39 is 0 Å².